The van der Waals surface area contributed by atoms with Crippen molar-refractivity contribution in [3.63, 3.8) is 0 Å². The van der Waals surface area contributed by atoms with Gasteiger partial charge in [-0.25, -0.2) is 0 Å². The maximum Gasteiger partial charge on any atom is 0.123 e. The molecule has 2 rings (SSSR count). The van der Waals surface area contributed by atoms with Crippen LogP contribution in [0.5, 0.6) is 11.5 Å². The molecule has 1 aromatic carbocycles. The topological polar surface area (TPSA) is 30.5 Å². The molecule has 3 heteroatoms. The molecule has 0 radical (unpaired) electrons. The van der Waals surface area contributed by atoms with Crippen LogP contribution in [0.25, 0.3) is 0 Å². The van der Waals surface area contributed by atoms with Crippen molar-refractivity contribution in [2.45, 2.75) is 39.7 Å². The van der Waals surface area contributed by atoms with E-state index in [9.17, 15) is 0 Å². The van der Waals surface area contributed by atoms with Gasteiger partial charge in [-0.2, -0.15) is 0 Å². The first-order valence-electron chi connectivity index (χ1n) is 7.18. The van der Waals surface area contributed by atoms with Crippen LogP contribution in [0.3, 0.4) is 0 Å². The highest BCUT2D eigenvalue weighted by atomic mass is 16.5. The lowest BCUT2D eigenvalue weighted by atomic mass is 9.95. The summed E-state index contributed by atoms with van der Waals surface area (Å²) >= 11 is 0. The van der Waals surface area contributed by atoms with Crippen molar-refractivity contribution >= 4 is 0 Å². The molecule has 1 fully saturated rings. The van der Waals surface area contributed by atoms with Gasteiger partial charge in [0, 0.05) is 24.1 Å². The van der Waals surface area contributed by atoms with E-state index >= 15 is 0 Å². The van der Waals surface area contributed by atoms with Crippen LogP contribution in [0.1, 0.15) is 33.6 Å². The van der Waals surface area contributed by atoms with Gasteiger partial charge in [-0.05, 0) is 31.9 Å². The van der Waals surface area contributed by atoms with Gasteiger partial charge < -0.3 is 14.8 Å². The zero-order chi connectivity index (χ0) is 13.7. The highest BCUT2D eigenvalue weighted by Gasteiger charge is 2.25. The van der Waals surface area contributed by atoms with Crippen molar-refractivity contribution < 1.29 is 9.47 Å². The van der Waals surface area contributed by atoms with Gasteiger partial charge >= 0.3 is 0 Å². The highest BCUT2D eigenvalue weighted by Crippen LogP contribution is 2.24. The molecule has 0 amide bonds. The molecule has 0 heterocycles. The first kappa shape index (κ1) is 14.2. The quantitative estimate of drug-likeness (QED) is 0.781. The molecule has 1 aromatic rings. The van der Waals surface area contributed by atoms with Crippen molar-refractivity contribution in [3.05, 3.63) is 24.3 Å². The Morgan fingerprint density at radius 3 is 2.53 bits per heavy atom. The van der Waals surface area contributed by atoms with Gasteiger partial charge in [0.2, 0.25) is 0 Å². The normalized spacial score (nSPS) is 15.3. The minimum absolute atomic E-state index is 0.143. The second kappa shape index (κ2) is 6.29. The molecule has 0 unspecified atom stereocenters. The summed E-state index contributed by atoms with van der Waals surface area (Å²) in [4.78, 5) is 0. The molecule has 0 saturated heterocycles. The van der Waals surface area contributed by atoms with Crippen LogP contribution in [0.4, 0.5) is 0 Å². The van der Waals surface area contributed by atoms with Crippen molar-refractivity contribution in [1.29, 1.82) is 0 Å². The van der Waals surface area contributed by atoms with E-state index in [0.717, 1.165) is 24.1 Å². The van der Waals surface area contributed by atoms with Crippen LogP contribution >= 0.6 is 0 Å². The highest BCUT2D eigenvalue weighted by molar-refractivity contribution is 5.32. The maximum atomic E-state index is 5.89. The van der Waals surface area contributed by atoms with Crippen molar-refractivity contribution in [2.24, 2.45) is 5.41 Å². The molecule has 0 bridgehead atoms. The van der Waals surface area contributed by atoms with E-state index in [1.165, 1.54) is 12.8 Å². The van der Waals surface area contributed by atoms with Gasteiger partial charge in [-0.15, -0.1) is 0 Å². The van der Waals surface area contributed by atoms with Gasteiger partial charge in [0.25, 0.3) is 0 Å². The molecule has 0 aliphatic heterocycles. The summed E-state index contributed by atoms with van der Waals surface area (Å²) in [6.07, 6.45) is 2.65. The third-order valence-electron chi connectivity index (χ3n) is 3.19. The molecule has 3 nitrogen and oxygen atoms in total. The average molecular weight is 263 g/mol. The number of nitrogens with one attached hydrogen (secondary N) is 1. The minimum atomic E-state index is 0.143. The summed E-state index contributed by atoms with van der Waals surface area (Å²) in [6.45, 7) is 8.84. The van der Waals surface area contributed by atoms with Crippen LogP contribution in [-0.2, 0) is 0 Å². The van der Waals surface area contributed by atoms with Crippen LogP contribution in [0.15, 0.2) is 24.3 Å². The van der Waals surface area contributed by atoms with Gasteiger partial charge in [0.1, 0.15) is 11.5 Å². The van der Waals surface area contributed by atoms with Crippen molar-refractivity contribution in [3.8, 4) is 11.5 Å². The van der Waals surface area contributed by atoms with Crippen LogP contribution in [0, 0.1) is 5.41 Å². The van der Waals surface area contributed by atoms with E-state index in [-0.39, 0.29) is 5.41 Å². The zero-order valence-corrected chi connectivity index (χ0v) is 12.2. The Hall–Kier alpha value is -1.22. The molecule has 1 saturated carbocycles. The number of ether oxygens (including phenoxy) is 2. The summed E-state index contributed by atoms with van der Waals surface area (Å²) in [5.74, 6) is 1.75. The Morgan fingerprint density at radius 2 is 1.89 bits per heavy atom. The van der Waals surface area contributed by atoms with Crippen molar-refractivity contribution in [1.82, 2.24) is 5.32 Å². The predicted molar refractivity (Wildman–Crippen MR) is 77.9 cm³/mol. The summed E-state index contributed by atoms with van der Waals surface area (Å²) in [7, 11) is 0. The van der Waals surface area contributed by atoms with Gasteiger partial charge in [-0.1, -0.05) is 19.9 Å². The lowest BCUT2D eigenvalue weighted by Crippen LogP contribution is -2.35. The molecule has 0 aromatic heterocycles. The molecular formula is C16H25NO2. The molecule has 1 aliphatic carbocycles. The largest absolute Gasteiger partial charge is 0.494 e. The Kier molecular flexibility index (Phi) is 4.70. The summed E-state index contributed by atoms with van der Waals surface area (Å²) in [6, 6.07) is 8.60. The van der Waals surface area contributed by atoms with E-state index in [4.69, 9.17) is 9.47 Å². The second-order valence-corrected chi connectivity index (χ2v) is 6.02. The van der Waals surface area contributed by atoms with E-state index < -0.39 is 0 Å². The Balaban J connectivity index is 1.80. The fraction of sp³-hybridized carbons (Fsp3) is 0.625. The standard InChI is InChI=1S/C16H25NO2/c1-4-18-14-6-5-7-15(10-14)19-12-16(2,3)11-17-13-8-9-13/h5-7,10,13,17H,4,8-9,11-12H2,1-3H3. The lowest BCUT2D eigenvalue weighted by Gasteiger charge is -2.25. The number of rotatable bonds is 8. The number of benzene rings is 1. The first-order valence-corrected chi connectivity index (χ1v) is 7.18. The fourth-order valence-corrected chi connectivity index (χ4v) is 1.86. The first-order chi connectivity index (χ1) is 9.09. The minimum Gasteiger partial charge on any atom is -0.494 e. The summed E-state index contributed by atoms with van der Waals surface area (Å²) in [5.41, 5.74) is 0.143. The zero-order valence-electron chi connectivity index (χ0n) is 12.2. The molecule has 0 spiro atoms. The molecule has 1 N–H and O–H groups in total. The number of hydrogen-bond acceptors (Lipinski definition) is 3. The van der Waals surface area contributed by atoms with E-state index in [1.807, 2.05) is 31.2 Å². The van der Waals surface area contributed by atoms with Crippen LogP contribution in [0.2, 0.25) is 0 Å². The molecule has 0 atom stereocenters. The maximum absolute atomic E-state index is 5.89. The monoisotopic (exact) mass is 263 g/mol. The fourth-order valence-electron chi connectivity index (χ4n) is 1.86. The van der Waals surface area contributed by atoms with Gasteiger partial charge in [0.05, 0.1) is 13.2 Å². The predicted octanol–water partition coefficient (Wildman–Crippen LogP) is 3.24. The molecule has 19 heavy (non-hydrogen) atoms. The number of hydrogen-bond donors (Lipinski definition) is 1. The van der Waals surface area contributed by atoms with Crippen LogP contribution in [-0.4, -0.2) is 25.8 Å². The van der Waals surface area contributed by atoms with Gasteiger partial charge in [-0.3, -0.25) is 0 Å². The summed E-state index contributed by atoms with van der Waals surface area (Å²) in [5, 5.41) is 3.56. The third kappa shape index (κ3) is 5.11. The average Bonchev–Trinajstić information content (AvgIpc) is 3.19. The van der Waals surface area contributed by atoms with Crippen molar-refractivity contribution in [2.75, 3.05) is 19.8 Å². The van der Waals surface area contributed by atoms with E-state index in [1.54, 1.807) is 0 Å². The molecule has 1 aliphatic rings. The molecule has 106 valence electrons. The van der Waals surface area contributed by atoms with E-state index in [0.29, 0.717) is 13.2 Å². The van der Waals surface area contributed by atoms with Crippen LogP contribution < -0.4 is 14.8 Å². The third-order valence-corrected chi connectivity index (χ3v) is 3.19. The summed E-state index contributed by atoms with van der Waals surface area (Å²) < 4.78 is 11.4. The SMILES string of the molecule is CCOc1cccc(OCC(C)(C)CNC2CC2)c1. The molecular weight excluding hydrogens is 238 g/mol. The van der Waals surface area contributed by atoms with E-state index in [2.05, 4.69) is 19.2 Å². The smallest absolute Gasteiger partial charge is 0.123 e. The Labute approximate surface area is 116 Å². The second-order valence-electron chi connectivity index (χ2n) is 6.02. The Morgan fingerprint density at radius 1 is 1.21 bits per heavy atom. The Bertz CT molecular complexity index is 399. The lowest BCUT2D eigenvalue weighted by molar-refractivity contribution is 0.175. The van der Waals surface area contributed by atoms with Gasteiger partial charge in [0.15, 0.2) is 0 Å².